The van der Waals surface area contributed by atoms with Gasteiger partial charge in [0, 0.05) is 10.4 Å². The molecule has 1 N–H and O–H groups in total. The van der Waals surface area contributed by atoms with Gasteiger partial charge in [0.1, 0.15) is 16.8 Å². The minimum Gasteiger partial charge on any atom is -0.493 e. The van der Waals surface area contributed by atoms with Gasteiger partial charge < -0.3 is 10.1 Å². The summed E-state index contributed by atoms with van der Waals surface area (Å²) in [5.41, 5.74) is 2.26. The summed E-state index contributed by atoms with van der Waals surface area (Å²) in [6.07, 6.45) is 3.02. The smallest absolute Gasteiger partial charge is 0.256 e. The molecule has 4 nitrogen and oxygen atoms in total. The van der Waals surface area contributed by atoms with Crippen LogP contribution < -0.4 is 10.1 Å². The molecule has 0 fully saturated rings. The number of hydrogen-bond acceptors (Lipinski definition) is 4. The highest BCUT2D eigenvalue weighted by atomic mass is 79.9. The van der Waals surface area contributed by atoms with Crippen LogP contribution >= 0.6 is 27.3 Å². The van der Waals surface area contributed by atoms with Crippen LogP contribution in [0.4, 0.5) is 5.00 Å². The number of nitriles is 1. The van der Waals surface area contributed by atoms with E-state index in [2.05, 4.69) is 27.3 Å². The Morgan fingerprint density at radius 1 is 1.48 bits per heavy atom. The van der Waals surface area contributed by atoms with Gasteiger partial charge in [0.05, 0.1) is 16.6 Å². The fraction of sp³-hybridized carbons (Fsp3) is 0.294. The number of amides is 1. The van der Waals surface area contributed by atoms with Crippen LogP contribution in [0.15, 0.2) is 22.7 Å². The Hall–Kier alpha value is -1.84. The Labute approximate surface area is 147 Å². The van der Waals surface area contributed by atoms with Crippen LogP contribution in [0.5, 0.6) is 5.75 Å². The van der Waals surface area contributed by atoms with E-state index in [0.29, 0.717) is 28.5 Å². The average Bonchev–Trinajstić information content (AvgIpc) is 3.09. The summed E-state index contributed by atoms with van der Waals surface area (Å²) in [4.78, 5) is 13.7. The number of carbonyl (C=O) groups is 1. The van der Waals surface area contributed by atoms with Crippen LogP contribution in [0.25, 0.3) is 0 Å². The molecule has 0 unspecified atom stereocenters. The fourth-order valence-electron chi connectivity index (χ4n) is 2.70. The second-order valence-electron chi connectivity index (χ2n) is 5.21. The number of fused-ring (bicyclic) bond motifs is 1. The standard InChI is InChI=1S/C17H15BrN2O2S/c1-2-22-14-7-6-10(8-13(14)18)16(21)20-17-12(9-19)11-4-3-5-15(11)23-17/h6-8H,2-5H2,1H3,(H,20,21). The van der Waals surface area contributed by atoms with Crippen LogP contribution in [0.1, 0.15) is 39.7 Å². The molecule has 6 heteroatoms. The van der Waals surface area contributed by atoms with E-state index < -0.39 is 0 Å². The highest BCUT2D eigenvalue weighted by Gasteiger charge is 2.23. The van der Waals surface area contributed by atoms with Crippen molar-refractivity contribution in [2.45, 2.75) is 26.2 Å². The van der Waals surface area contributed by atoms with Gasteiger partial charge in [-0.25, -0.2) is 0 Å². The van der Waals surface area contributed by atoms with Crippen molar-refractivity contribution < 1.29 is 9.53 Å². The molecule has 3 rings (SSSR count). The Kier molecular flexibility index (Phi) is 4.69. The topological polar surface area (TPSA) is 62.1 Å². The number of aryl methyl sites for hydroxylation is 1. The summed E-state index contributed by atoms with van der Waals surface area (Å²) >= 11 is 4.93. The number of halogens is 1. The summed E-state index contributed by atoms with van der Waals surface area (Å²) < 4.78 is 6.18. The molecular weight excluding hydrogens is 376 g/mol. The molecule has 1 aromatic heterocycles. The first-order valence-corrected chi connectivity index (χ1v) is 9.03. The van der Waals surface area contributed by atoms with E-state index in [1.807, 2.05) is 6.92 Å². The molecule has 23 heavy (non-hydrogen) atoms. The number of carbonyl (C=O) groups excluding carboxylic acids is 1. The predicted octanol–water partition coefficient (Wildman–Crippen LogP) is 4.52. The average molecular weight is 391 g/mol. The molecule has 0 atom stereocenters. The van der Waals surface area contributed by atoms with E-state index in [4.69, 9.17) is 4.74 Å². The van der Waals surface area contributed by atoms with Crippen LogP contribution in [0, 0.1) is 11.3 Å². The summed E-state index contributed by atoms with van der Waals surface area (Å²) in [6, 6.07) is 7.45. The Balaban J connectivity index is 1.83. The minimum atomic E-state index is -0.217. The summed E-state index contributed by atoms with van der Waals surface area (Å²) in [5, 5.41) is 12.9. The molecule has 0 radical (unpaired) electrons. The van der Waals surface area contributed by atoms with E-state index in [9.17, 15) is 10.1 Å². The molecule has 1 aromatic carbocycles. The number of anilines is 1. The van der Waals surface area contributed by atoms with Crippen molar-refractivity contribution in [3.63, 3.8) is 0 Å². The molecule has 0 saturated heterocycles. The molecule has 0 spiro atoms. The van der Waals surface area contributed by atoms with Crippen LogP contribution in [-0.2, 0) is 12.8 Å². The lowest BCUT2D eigenvalue weighted by molar-refractivity contribution is 0.102. The molecule has 1 aliphatic carbocycles. The van der Waals surface area contributed by atoms with Crippen LogP contribution in [0.2, 0.25) is 0 Å². The number of nitrogens with one attached hydrogen (secondary N) is 1. The first-order valence-electron chi connectivity index (χ1n) is 7.42. The number of thiophene rings is 1. The lowest BCUT2D eigenvalue weighted by atomic mass is 10.1. The molecule has 1 heterocycles. The zero-order valence-corrected chi connectivity index (χ0v) is 15.0. The van der Waals surface area contributed by atoms with Gasteiger partial charge in [-0.15, -0.1) is 11.3 Å². The Bertz CT molecular complexity index is 808. The number of hydrogen-bond donors (Lipinski definition) is 1. The Morgan fingerprint density at radius 2 is 2.30 bits per heavy atom. The number of nitrogens with zero attached hydrogens (tertiary/aromatic N) is 1. The van der Waals surface area contributed by atoms with Gasteiger partial charge in [0.2, 0.25) is 0 Å². The van der Waals surface area contributed by atoms with Gasteiger partial charge >= 0.3 is 0 Å². The maximum absolute atomic E-state index is 12.5. The number of benzene rings is 1. The summed E-state index contributed by atoms with van der Waals surface area (Å²) in [5.74, 6) is 0.488. The van der Waals surface area contributed by atoms with Gasteiger partial charge in [0.25, 0.3) is 5.91 Å². The van der Waals surface area contributed by atoms with Crippen molar-refractivity contribution in [2.75, 3.05) is 11.9 Å². The van der Waals surface area contributed by atoms with Crippen molar-refractivity contribution in [3.8, 4) is 11.8 Å². The number of ether oxygens (including phenoxy) is 1. The van der Waals surface area contributed by atoms with E-state index in [0.717, 1.165) is 29.3 Å². The monoisotopic (exact) mass is 390 g/mol. The van der Waals surface area contributed by atoms with E-state index in [1.54, 1.807) is 18.2 Å². The van der Waals surface area contributed by atoms with Gasteiger partial charge in [0.15, 0.2) is 0 Å². The first-order chi connectivity index (χ1) is 11.1. The maximum atomic E-state index is 12.5. The summed E-state index contributed by atoms with van der Waals surface area (Å²) in [6.45, 7) is 2.48. The van der Waals surface area contributed by atoms with E-state index in [-0.39, 0.29) is 5.91 Å². The van der Waals surface area contributed by atoms with Gasteiger partial charge in [-0.3, -0.25) is 4.79 Å². The fourth-order valence-corrected chi connectivity index (χ4v) is 4.43. The first kappa shape index (κ1) is 16.0. The lowest BCUT2D eigenvalue weighted by Gasteiger charge is -2.08. The summed E-state index contributed by atoms with van der Waals surface area (Å²) in [7, 11) is 0. The van der Waals surface area contributed by atoms with E-state index in [1.165, 1.54) is 16.2 Å². The zero-order valence-electron chi connectivity index (χ0n) is 12.6. The zero-order chi connectivity index (χ0) is 16.4. The SMILES string of the molecule is CCOc1ccc(C(=O)Nc2sc3c(c2C#N)CCC3)cc1Br. The third kappa shape index (κ3) is 3.12. The van der Waals surface area contributed by atoms with Gasteiger partial charge in [-0.2, -0.15) is 5.26 Å². The van der Waals surface area contributed by atoms with Crippen molar-refractivity contribution in [2.24, 2.45) is 0 Å². The van der Waals surface area contributed by atoms with Crippen molar-refractivity contribution in [1.82, 2.24) is 0 Å². The maximum Gasteiger partial charge on any atom is 0.256 e. The quantitative estimate of drug-likeness (QED) is 0.834. The van der Waals surface area contributed by atoms with Crippen molar-refractivity contribution >= 4 is 38.2 Å². The second kappa shape index (κ2) is 6.73. The predicted molar refractivity (Wildman–Crippen MR) is 94.3 cm³/mol. The van der Waals surface area contributed by atoms with Crippen molar-refractivity contribution in [1.29, 1.82) is 5.26 Å². The lowest BCUT2D eigenvalue weighted by Crippen LogP contribution is -2.12. The molecule has 2 aromatic rings. The molecular formula is C17H15BrN2O2S. The molecule has 118 valence electrons. The largest absolute Gasteiger partial charge is 0.493 e. The van der Waals surface area contributed by atoms with Crippen LogP contribution in [0.3, 0.4) is 0 Å². The highest BCUT2D eigenvalue weighted by Crippen LogP contribution is 2.38. The highest BCUT2D eigenvalue weighted by molar-refractivity contribution is 9.10. The van der Waals surface area contributed by atoms with E-state index >= 15 is 0 Å². The van der Waals surface area contributed by atoms with Crippen molar-refractivity contribution in [3.05, 3.63) is 44.2 Å². The normalized spacial score (nSPS) is 12.6. The van der Waals surface area contributed by atoms with Gasteiger partial charge in [-0.1, -0.05) is 0 Å². The molecule has 0 saturated carbocycles. The third-order valence-electron chi connectivity index (χ3n) is 3.75. The molecule has 1 amide bonds. The molecule has 0 bridgehead atoms. The molecule has 0 aliphatic heterocycles. The number of rotatable bonds is 4. The molecule has 1 aliphatic rings. The third-order valence-corrected chi connectivity index (χ3v) is 5.58. The van der Waals surface area contributed by atoms with Crippen LogP contribution in [-0.4, -0.2) is 12.5 Å². The minimum absolute atomic E-state index is 0.217. The van der Waals surface area contributed by atoms with Gasteiger partial charge in [-0.05, 0) is 65.9 Å². The second-order valence-corrected chi connectivity index (χ2v) is 7.17. The Morgan fingerprint density at radius 3 is 3.00 bits per heavy atom.